The molecule has 0 bridgehead atoms. The number of hydrogen-bond donors (Lipinski definition) is 3. The number of carboxylic acids is 1. The number of rotatable bonds is 6. The first kappa shape index (κ1) is 24.0. The van der Waals surface area contributed by atoms with E-state index in [-0.39, 0.29) is 23.8 Å². The molecule has 7 heteroatoms. The summed E-state index contributed by atoms with van der Waals surface area (Å²) in [6.45, 7) is 5.55. The minimum absolute atomic E-state index is 0.0327. The van der Waals surface area contributed by atoms with Crippen molar-refractivity contribution in [3.63, 3.8) is 0 Å². The number of benzene rings is 3. The maximum atomic E-state index is 13.1. The van der Waals surface area contributed by atoms with Crippen LogP contribution in [0.1, 0.15) is 48.2 Å². The zero-order valence-corrected chi connectivity index (χ0v) is 19.9. The van der Waals surface area contributed by atoms with Gasteiger partial charge >= 0.3 is 12.1 Å². The molecule has 4 rings (SSSR count). The summed E-state index contributed by atoms with van der Waals surface area (Å²) in [5.41, 5.74) is 3.91. The third-order valence-corrected chi connectivity index (χ3v) is 6.15. The fourth-order valence-electron chi connectivity index (χ4n) is 4.42. The fourth-order valence-corrected chi connectivity index (χ4v) is 4.42. The van der Waals surface area contributed by atoms with E-state index in [1.807, 2.05) is 57.2 Å². The van der Waals surface area contributed by atoms with Gasteiger partial charge in [-0.3, -0.25) is 4.79 Å². The standard InChI is InChI=1S/C28H28N2O5/c1-28(2,3)24(25(31)29-23-15-9-8-14-21(23)26(32)33)30-27(34)35-16-22-19-12-6-4-10-17(19)18-11-5-7-13-20(18)22/h4-15,22,24H,16H2,1-3H3,(H,29,31)(H,30,34)(H,32,33)/t24-/m1/s1. The van der Waals surface area contributed by atoms with Gasteiger partial charge in [-0.2, -0.15) is 0 Å². The number of nitrogens with one attached hydrogen (secondary N) is 2. The summed E-state index contributed by atoms with van der Waals surface area (Å²) in [7, 11) is 0. The van der Waals surface area contributed by atoms with Crippen molar-refractivity contribution in [1.29, 1.82) is 0 Å². The van der Waals surface area contributed by atoms with Crippen LogP contribution in [-0.2, 0) is 9.53 Å². The van der Waals surface area contributed by atoms with Gasteiger partial charge in [-0.05, 0) is 39.8 Å². The van der Waals surface area contributed by atoms with Gasteiger partial charge in [-0.15, -0.1) is 0 Å². The lowest BCUT2D eigenvalue weighted by atomic mass is 9.86. The molecule has 35 heavy (non-hydrogen) atoms. The molecule has 1 atom stereocenters. The zero-order valence-electron chi connectivity index (χ0n) is 19.9. The van der Waals surface area contributed by atoms with Crippen molar-refractivity contribution in [2.75, 3.05) is 11.9 Å². The summed E-state index contributed by atoms with van der Waals surface area (Å²) < 4.78 is 5.60. The molecular weight excluding hydrogens is 444 g/mol. The van der Waals surface area contributed by atoms with Gasteiger partial charge in [-0.1, -0.05) is 81.4 Å². The Morgan fingerprint density at radius 3 is 2.00 bits per heavy atom. The lowest BCUT2D eigenvalue weighted by Gasteiger charge is -2.30. The monoisotopic (exact) mass is 472 g/mol. The molecule has 3 N–H and O–H groups in total. The van der Waals surface area contributed by atoms with Crippen LogP contribution in [0.25, 0.3) is 11.1 Å². The molecule has 0 heterocycles. The van der Waals surface area contributed by atoms with Gasteiger partial charge in [0.2, 0.25) is 5.91 Å². The normalized spacial score (nSPS) is 13.3. The van der Waals surface area contributed by atoms with Crippen LogP contribution in [0.15, 0.2) is 72.8 Å². The van der Waals surface area contributed by atoms with E-state index >= 15 is 0 Å². The van der Waals surface area contributed by atoms with Crippen LogP contribution in [0.2, 0.25) is 0 Å². The number of carbonyl (C=O) groups excluding carboxylic acids is 2. The molecule has 2 amide bonds. The molecule has 3 aromatic rings. The number of hydrogen-bond acceptors (Lipinski definition) is 4. The molecule has 0 saturated carbocycles. The van der Waals surface area contributed by atoms with Gasteiger partial charge < -0.3 is 20.5 Å². The fraction of sp³-hybridized carbons (Fsp3) is 0.250. The van der Waals surface area contributed by atoms with Gasteiger partial charge in [0.1, 0.15) is 12.6 Å². The predicted octanol–water partition coefficient (Wildman–Crippen LogP) is 5.28. The topological polar surface area (TPSA) is 105 Å². The molecule has 0 saturated heterocycles. The van der Waals surface area contributed by atoms with Crippen molar-refractivity contribution in [3.05, 3.63) is 89.5 Å². The first-order valence-electron chi connectivity index (χ1n) is 11.4. The molecule has 3 aromatic carbocycles. The number of carbonyl (C=O) groups is 3. The smallest absolute Gasteiger partial charge is 0.407 e. The van der Waals surface area contributed by atoms with Crippen molar-refractivity contribution in [1.82, 2.24) is 5.32 Å². The van der Waals surface area contributed by atoms with E-state index in [0.717, 1.165) is 22.3 Å². The van der Waals surface area contributed by atoms with Crippen molar-refractivity contribution < 1.29 is 24.2 Å². The summed E-state index contributed by atoms with van der Waals surface area (Å²) in [5.74, 6) is -1.78. The summed E-state index contributed by atoms with van der Waals surface area (Å²) in [6, 6.07) is 21.3. The molecular formula is C28H28N2O5. The van der Waals surface area contributed by atoms with Crippen LogP contribution < -0.4 is 10.6 Å². The van der Waals surface area contributed by atoms with E-state index in [4.69, 9.17) is 4.74 Å². The van der Waals surface area contributed by atoms with Gasteiger partial charge in [-0.25, -0.2) is 9.59 Å². The van der Waals surface area contributed by atoms with E-state index in [1.54, 1.807) is 12.1 Å². The summed E-state index contributed by atoms with van der Waals surface area (Å²) in [5, 5.41) is 14.7. The summed E-state index contributed by atoms with van der Waals surface area (Å²) >= 11 is 0. The Hall–Kier alpha value is -4.13. The van der Waals surface area contributed by atoms with Gasteiger partial charge in [0.05, 0.1) is 11.3 Å². The van der Waals surface area contributed by atoms with Crippen LogP contribution in [-0.4, -0.2) is 35.7 Å². The number of alkyl carbamates (subject to hydrolysis) is 1. The average Bonchev–Trinajstić information content (AvgIpc) is 3.14. The van der Waals surface area contributed by atoms with Crippen LogP contribution >= 0.6 is 0 Å². The molecule has 180 valence electrons. The van der Waals surface area contributed by atoms with Gasteiger partial charge in [0.25, 0.3) is 0 Å². The average molecular weight is 473 g/mol. The van der Waals surface area contributed by atoms with Crippen molar-refractivity contribution in [3.8, 4) is 11.1 Å². The van der Waals surface area contributed by atoms with Crippen LogP contribution in [0.3, 0.4) is 0 Å². The van der Waals surface area contributed by atoms with Crippen LogP contribution in [0, 0.1) is 5.41 Å². The number of para-hydroxylation sites is 1. The highest BCUT2D eigenvalue weighted by Gasteiger charge is 2.35. The number of amides is 2. The Bertz CT molecular complexity index is 1230. The Balaban J connectivity index is 1.47. The molecule has 0 aromatic heterocycles. The number of fused-ring (bicyclic) bond motifs is 3. The molecule has 1 aliphatic rings. The lowest BCUT2D eigenvalue weighted by molar-refractivity contribution is -0.120. The lowest BCUT2D eigenvalue weighted by Crippen LogP contribution is -2.51. The minimum atomic E-state index is -1.15. The van der Waals surface area contributed by atoms with Crippen LogP contribution in [0.4, 0.5) is 10.5 Å². The highest BCUT2D eigenvalue weighted by Crippen LogP contribution is 2.44. The highest BCUT2D eigenvalue weighted by atomic mass is 16.5. The quantitative estimate of drug-likeness (QED) is 0.453. The Kier molecular flexibility index (Phi) is 6.60. The molecule has 0 unspecified atom stereocenters. The number of carboxylic acid groups (broad SMARTS) is 1. The maximum absolute atomic E-state index is 13.1. The Labute approximate surface area is 204 Å². The summed E-state index contributed by atoms with van der Waals surface area (Å²) in [6.07, 6.45) is -0.714. The highest BCUT2D eigenvalue weighted by molar-refractivity contribution is 6.03. The van der Waals surface area contributed by atoms with E-state index in [0.29, 0.717) is 0 Å². The second-order valence-electron chi connectivity index (χ2n) is 9.61. The molecule has 0 spiro atoms. The van der Waals surface area contributed by atoms with E-state index in [2.05, 4.69) is 22.8 Å². The maximum Gasteiger partial charge on any atom is 0.407 e. The van der Waals surface area contributed by atoms with Crippen molar-refractivity contribution in [2.24, 2.45) is 5.41 Å². The van der Waals surface area contributed by atoms with Crippen molar-refractivity contribution >= 4 is 23.7 Å². The van der Waals surface area contributed by atoms with Crippen LogP contribution in [0.5, 0.6) is 0 Å². The predicted molar refractivity (Wildman–Crippen MR) is 133 cm³/mol. The zero-order chi connectivity index (χ0) is 25.2. The second kappa shape index (κ2) is 9.62. The third-order valence-electron chi connectivity index (χ3n) is 6.15. The second-order valence-corrected chi connectivity index (χ2v) is 9.61. The largest absolute Gasteiger partial charge is 0.478 e. The van der Waals surface area contributed by atoms with Gasteiger partial charge in [0, 0.05) is 5.92 Å². The molecule has 0 radical (unpaired) electrons. The number of aromatic carboxylic acids is 1. The van der Waals surface area contributed by atoms with E-state index in [9.17, 15) is 19.5 Å². The van der Waals surface area contributed by atoms with E-state index < -0.39 is 29.4 Å². The molecule has 0 fully saturated rings. The summed E-state index contributed by atoms with van der Waals surface area (Å²) in [4.78, 5) is 37.4. The number of ether oxygens (including phenoxy) is 1. The molecule has 7 nitrogen and oxygen atoms in total. The Morgan fingerprint density at radius 1 is 0.886 bits per heavy atom. The molecule has 0 aliphatic heterocycles. The third kappa shape index (κ3) is 5.04. The van der Waals surface area contributed by atoms with Crippen molar-refractivity contribution in [2.45, 2.75) is 32.7 Å². The number of anilines is 1. The Morgan fingerprint density at radius 2 is 1.43 bits per heavy atom. The first-order chi connectivity index (χ1) is 16.7. The van der Waals surface area contributed by atoms with E-state index in [1.165, 1.54) is 12.1 Å². The van der Waals surface area contributed by atoms with Gasteiger partial charge in [0.15, 0.2) is 0 Å². The first-order valence-corrected chi connectivity index (χ1v) is 11.4. The minimum Gasteiger partial charge on any atom is -0.478 e. The SMILES string of the molecule is CC(C)(C)[C@H](NC(=O)OCC1c2ccccc2-c2ccccc21)C(=O)Nc1ccccc1C(=O)O. The molecule has 1 aliphatic carbocycles.